The van der Waals surface area contributed by atoms with Crippen LogP contribution < -0.4 is 5.32 Å². The fourth-order valence-electron chi connectivity index (χ4n) is 1.54. The Hall–Kier alpha value is -2.01. The number of hydrogen-bond acceptors (Lipinski definition) is 4. The molecule has 0 aliphatic heterocycles. The summed E-state index contributed by atoms with van der Waals surface area (Å²) in [5, 5.41) is 25.4. The van der Waals surface area contributed by atoms with Crippen LogP contribution in [-0.4, -0.2) is 26.6 Å². The third kappa shape index (κ3) is 3.22. The van der Waals surface area contributed by atoms with E-state index in [9.17, 15) is 5.11 Å². The molecule has 5 nitrogen and oxygen atoms in total. The van der Waals surface area contributed by atoms with Gasteiger partial charge in [0.1, 0.15) is 11.6 Å². The van der Waals surface area contributed by atoms with E-state index in [1.807, 2.05) is 12.1 Å². The summed E-state index contributed by atoms with van der Waals surface area (Å²) in [5.74, 6) is 1.01. The summed E-state index contributed by atoms with van der Waals surface area (Å²) in [5.41, 5.74) is 0.988. The Morgan fingerprint density at radius 3 is 2.94 bits per heavy atom. The Balaban J connectivity index is 1.93. The summed E-state index contributed by atoms with van der Waals surface area (Å²) in [6, 6.07) is 8.92. The third-order valence-electron chi connectivity index (χ3n) is 2.35. The molecule has 0 spiro atoms. The first-order valence-corrected chi connectivity index (χ1v) is 5.44. The number of phenolic OH excluding ortho intramolecular Hbond substituents is 1. The zero-order chi connectivity index (χ0) is 12.1. The number of benzene rings is 1. The molecule has 1 heterocycles. The highest BCUT2D eigenvalue weighted by Crippen LogP contribution is 2.12. The molecular weight excluding hydrogens is 218 g/mol. The second-order valence-electron chi connectivity index (χ2n) is 3.71. The van der Waals surface area contributed by atoms with E-state index in [4.69, 9.17) is 5.11 Å². The van der Waals surface area contributed by atoms with E-state index < -0.39 is 0 Å². The van der Waals surface area contributed by atoms with E-state index in [1.54, 1.807) is 29.1 Å². The van der Waals surface area contributed by atoms with Crippen LogP contribution in [0.3, 0.4) is 0 Å². The molecule has 0 fully saturated rings. The van der Waals surface area contributed by atoms with Gasteiger partial charge in [0.05, 0.1) is 13.2 Å². The molecule has 0 aliphatic rings. The number of phenols is 1. The first-order chi connectivity index (χ1) is 8.28. The number of anilines is 1. The first-order valence-electron chi connectivity index (χ1n) is 5.44. The van der Waals surface area contributed by atoms with Crippen LogP contribution in [0.25, 0.3) is 0 Å². The van der Waals surface area contributed by atoms with Crippen molar-refractivity contribution < 1.29 is 10.2 Å². The van der Waals surface area contributed by atoms with Gasteiger partial charge in [-0.3, -0.25) is 4.68 Å². The van der Waals surface area contributed by atoms with E-state index in [0.29, 0.717) is 13.1 Å². The minimum absolute atomic E-state index is 0.0771. The van der Waals surface area contributed by atoms with Crippen molar-refractivity contribution in [3.05, 3.63) is 42.1 Å². The number of nitrogens with zero attached hydrogens (tertiary/aromatic N) is 2. The predicted octanol–water partition coefficient (Wildman–Crippen LogP) is 1.19. The van der Waals surface area contributed by atoms with E-state index in [2.05, 4.69) is 10.4 Å². The topological polar surface area (TPSA) is 70.3 Å². The van der Waals surface area contributed by atoms with Crippen LogP contribution in [0.15, 0.2) is 36.5 Å². The van der Waals surface area contributed by atoms with Gasteiger partial charge >= 0.3 is 0 Å². The van der Waals surface area contributed by atoms with Gasteiger partial charge in [0.2, 0.25) is 0 Å². The molecule has 17 heavy (non-hydrogen) atoms. The van der Waals surface area contributed by atoms with Crippen molar-refractivity contribution in [2.24, 2.45) is 0 Å². The van der Waals surface area contributed by atoms with Crippen molar-refractivity contribution >= 4 is 5.82 Å². The monoisotopic (exact) mass is 233 g/mol. The molecule has 0 amide bonds. The molecule has 2 rings (SSSR count). The molecule has 0 saturated heterocycles. The van der Waals surface area contributed by atoms with Crippen molar-refractivity contribution in [3.8, 4) is 5.75 Å². The quantitative estimate of drug-likeness (QED) is 0.725. The van der Waals surface area contributed by atoms with Crippen LogP contribution in [0.1, 0.15) is 5.56 Å². The molecular formula is C12H15N3O2. The molecule has 2 aromatic rings. The fraction of sp³-hybridized carbons (Fsp3) is 0.250. The molecule has 1 aromatic heterocycles. The normalized spacial score (nSPS) is 10.4. The number of aliphatic hydroxyl groups excluding tert-OH is 1. The van der Waals surface area contributed by atoms with Crippen molar-refractivity contribution in [2.75, 3.05) is 11.9 Å². The van der Waals surface area contributed by atoms with E-state index in [-0.39, 0.29) is 12.4 Å². The number of hydrogen-bond donors (Lipinski definition) is 3. The predicted molar refractivity (Wildman–Crippen MR) is 64.7 cm³/mol. The second-order valence-corrected chi connectivity index (χ2v) is 3.71. The van der Waals surface area contributed by atoms with Crippen molar-refractivity contribution in [2.45, 2.75) is 13.1 Å². The Bertz CT molecular complexity index is 482. The second kappa shape index (κ2) is 5.36. The maximum absolute atomic E-state index is 9.31. The van der Waals surface area contributed by atoms with Gasteiger partial charge in [-0.1, -0.05) is 12.1 Å². The van der Waals surface area contributed by atoms with Crippen molar-refractivity contribution in [3.63, 3.8) is 0 Å². The highest BCUT2D eigenvalue weighted by Gasteiger charge is 1.99. The number of rotatable bonds is 5. The summed E-state index contributed by atoms with van der Waals surface area (Å²) >= 11 is 0. The minimum Gasteiger partial charge on any atom is -0.508 e. The standard InChI is InChI=1S/C12H15N3O2/c16-7-6-15-5-4-12(14-15)13-9-10-2-1-3-11(17)8-10/h1-5,8,16-17H,6-7,9H2,(H,13,14). The zero-order valence-corrected chi connectivity index (χ0v) is 9.37. The van der Waals surface area contributed by atoms with Gasteiger partial charge < -0.3 is 15.5 Å². The number of aliphatic hydroxyl groups is 1. The lowest BCUT2D eigenvalue weighted by Crippen LogP contribution is -2.04. The maximum atomic E-state index is 9.31. The molecule has 0 radical (unpaired) electrons. The van der Waals surface area contributed by atoms with E-state index >= 15 is 0 Å². The average Bonchev–Trinajstić information content (AvgIpc) is 2.75. The summed E-state index contributed by atoms with van der Waals surface area (Å²) in [6.07, 6.45) is 1.81. The van der Waals surface area contributed by atoms with Gasteiger partial charge in [-0.15, -0.1) is 0 Å². The molecule has 0 atom stereocenters. The first kappa shape index (κ1) is 11.5. The summed E-state index contributed by atoms with van der Waals surface area (Å²) < 4.78 is 1.67. The Kier molecular flexibility index (Phi) is 3.62. The zero-order valence-electron chi connectivity index (χ0n) is 9.37. The van der Waals surface area contributed by atoms with Crippen molar-refractivity contribution in [1.29, 1.82) is 0 Å². The molecule has 90 valence electrons. The van der Waals surface area contributed by atoms with Gasteiger partial charge in [-0.25, -0.2) is 0 Å². The summed E-state index contributed by atoms with van der Waals surface area (Å²) in [4.78, 5) is 0. The fourth-order valence-corrected chi connectivity index (χ4v) is 1.54. The van der Waals surface area contributed by atoms with Crippen molar-refractivity contribution in [1.82, 2.24) is 9.78 Å². The van der Waals surface area contributed by atoms with Gasteiger partial charge in [0, 0.05) is 18.8 Å². The van der Waals surface area contributed by atoms with Gasteiger partial charge in [-0.2, -0.15) is 5.10 Å². The molecule has 0 unspecified atom stereocenters. The van der Waals surface area contributed by atoms with Gasteiger partial charge in [0.25, 0.3) is 0 Å². The van der Waals surface area contributed by atoms with Crippen LogP contribution in [0.2, 0.25) is 0 Å². The maximum Gasteiger partial charge on any atom is 0.148 e. The Morgan fingerprint density at radius 2 is 2.18 bits per heavy atom. The lowest BCUT2D eigenvalue weighted by Gasteiger charge is -2.03. The largest absolute Gasteiger partial charge is 0.508 e. The molecule has 0 saturated carbocycles. The smallest absolute Gasteiger partial charge is 0.148 e. The van der Waals surface area contributed by atoms with Gasteiger partial charge in [-0.05, 0) is 17.7 Å². The lowest BCUT2D eigenvalue weighted by atomic mass is 10.2. The summed E-state index contributed by atoms with van der Waals surface area (Å²) in [7, 11) is 0. The third-order valence-corrected chi connectivity index (χ3v) is 2.35. The van der Waals surface area contributed by atoms with Crippen LogP contribution in [-0.2, 0) is 13.1 Å². The SMILES string of the molecule is OCCn1ccc(NCc2cccc(O)c2)n1. The van der Waals surface area contributed by atoms with E-state index in [1.165, 1.54) is 0 Å². The number of nitrogens with one attached hydrogen (secondary N) is 1. The summed E-state index contributed by atoms with van der Waals surface area (Å²) in [6.45, 7) is 1.17. The van der Waals surface area contributed by atoms with E-state index in [0.717, 1.165) is 11.4 Å². The average molecular weight is 233 g/mol. The van der Waals surface area contributed by atoms with Gasteiger partial charge in [0.15, 0.2) is 0 Å². The van der Waals surface area contributed by atoms with Crippen LogP contribution >= 0.6 is 0 Å². The molecule has 5 heteroatoms. The molecule has 0 aliphatic carbocycles. The Labute approximate surface area is 99.3 Å². The minimum atomic E-state index is 0.0771. The van der Waals surface area contributed by atoms with Crippen LogP contribution in [0, 0.1) is 0 Å². The molecule has 0 bridgehead atoms. The lowest BCUT2D eigenvalue weighted by molar-refractivity contribution is 0.269. The number of aromatic hydroxyl groups is 1. The van der Waals surface area contributed by atoms with Crippen LogP contribution in [0.5, 0.6) is 5.75 Å². The van der Waals surface area contributed by atoms with Crippen LogP contribution in [0.4, 0.5) is 5.82 Å². The highest BCUT2D eigenvalue weighted by molar-refractivity contribution is 5.35. The highest BCUT2D eigenvalue weighted by atomic mass is 16.3. The number of aromatic nitrogens is 2. The molecule has 1 aromatic carbocycles. The molecule has 3 N–H and O–H groups in total. The Morgan fingerprint density at radius 1 is 1.29 bits per heavy atom.